The van der Waals surface area contributed by atoms with E-state index in [1.54, 1.807) is 0 Å². The van der Waals surface area contributed by atoms with Gasteiger partial charge in [0.15, 0.2) is 0 Å². The summed E-state index contributed by atoms with van der Waals surface area (Å²) in [6.45, 7) is 0. The van der Waals surface area contributed by atoms with Crippen LogP contribution >= 0.6 is 12.6 Å². The number of carboxylic acids is 2. The SMILES string of the molecule is N[C@@H](CCC(=O)C[Se]N[C@@H](CS)C(=O)O)C(=O)O. The molecule has 7 nitrogen and oxygen atoms in total. The molecule has 2 atom stereocenters. The molecule has 0 saturated heterocycles. The molecule has 9 heteroatoms. The Labute approximate surface area is 116 Å². The predicted octanol–water partition coefficient (Wildman–Crippen LogP) is -1.24. The molecule has 0 spiro atoms. The summed E-state index contributed by atoms with van der Waals surface area (Å²) in [7, 11) is 0. The number of nitrogens with one attached hydrogen (secondary N) is 1. The Morgan fingerprint density at radius 3 is 2.33 bits per heavy atom. The van der Waals surface area contributed by atoms with E-state index in [1.165, 1.54) is 0 Å². The van der Waals surface area contributed by atoms with Crippen LogP contribution in [0.3, 0.4) is 0 Å². The van der Waals surface area contributed by atoms with Crippen LogP contribution in [0.1, 0.15) is 12.8 Å². The molecule has 104 valence electrons. The molecule has 0 rings (SSSR count). The fraction of sp³-hybridized carbons (Fsp3) is 0.667. The Morgan fingerprint density at radius 1 is 1.28 bits per heavy atom. The Morgan fingerprint density at radius 2 is 1.89 bits per heavy atom. The van der Waals surface area contributed by atoms with Crippen molar-refractivity contribution in [3.05, 3.63) is 0 Å². The molecule has 0 amide bonds. The maximum atomic E-state index is 11.4. The van der Waals surface area contributed by atoms with Crippen molar-refractivity contribution in [2.75, 3.05) is 5.75 Å². The van der Waals surface area contributed by atoms with E-state index in [4.69, 9.17) is 15.9 Å². The van der Waals surface area contributed by atoms with Crippen molar-refractivity contribution < 1.29 is 24.6 Å². The fourth-order valence-electron chi connectivity index (χ4n) is 0.901. The average Bonchev–Trinajstić information content (AvgIpc) is 2.30. The second kappa shape index (κ2) is 9.35. The van der Waals surface area contributed by atoms with Gasteiger partial charge in [-0.2, -0.15) is 0 Å². The van der Waals surface area contributed by atoms with Gasteiger partial charge in [-0.25, -0.2) is 0 Å². The molecule has 0 aromatic heterocycles. The molecule has 0 radical (unpaired) electrons. The van der Waals surface area contributed by atoms with E-state index in [9.17, 15) is 14.4 Å². The molecule has 0 fully saturated rings. The van der Waals surface area contributed by atoms with Gasteiger partial charge in [0.2, 0.25) is 0 Å². The number of hydrogen-bond acceptors (Lipinski definition) is 6. The van der Waals surface area contributed by atoms with Crippen molar-refractivity contribution in [1.29, 1.82) is 0 Å². The van der Waals surface area contributed by atoms with Gasteiger partial charge in [0.25, 0.3) is 0 Å². The third kappa shape index (κ3) is 7.67. The molecule has 0 heterocycles. The van der Waals surface area contributed by atoms with Crippen LogP contribution in [-0.2, 0) is 14.4 Å². The van der Waals surface area contributed by atoms with E-state index >= 15 is 0 Å². The molecule has 0 saturated carbocycles. The standard InChI is InChI=1S/C9H16N2O5SSe/c10-6(8(13)14)2-1-5(12)4-18-11-7(3-17)9(15)16/h6-7,11,17H,1-4,10H2,(H,13,14)(H,15,16)/t6-,7-/m0/s1. The Balaban J connectivity index is 3.77. The zero-order chi connectivity index (χ0) is 14.1. The zero-order valence-corrected chi connectivity index (χ0v) is 12.1. The normalized spacial score (nSPS) is 13.9. The Kier molecular flexibility index (Phi) is 9.03. The van der Waals surface area contributed by atoms with Gasteiger partial charge in [-0.15, -0.1) is 0 Å². The third-order valence-corrected chi connectivity index (χ3v) is 4.28. The second-order valence-electron chi connectivity index (χ2n) is 3.50. The molecular formula is C9H16N2O5SSe. The van der Waals surface area contributed by atoms with Gasteiger partial charge in [-0.05, 0) is 0 Å². The molecule has 0 aliphatic heterocycles. The number of hydrogen-bond donors (Lipinski definition) is 5. The molecule has 0 aliphatic rings. The first-order chi connectivity index (χ1) is 8.38. The first kappa shape index (κ1) is 17.4. The van der Waals surface area contributed by atoms with Crippen molar-refractivity contribution in [3.63, 3.8) is 0 Å². The number of rotatable bonds is 10. The van der Waals surface area contributed by atoms with Crippen LogP contribution < -0.4 is 10.1 Å². The number of carbonyl (C=O) groups is 3. The zero-order valence-electron chi connectivity index (χ0n) is 9.54. The molecule has 18 heavy (non-hydrogen) atoms. The van der Waals surface area contributed by atoms with Crippen molar-refractivity contribution in [3.8, 4) is 0 Å². The number of thiol groups is 1. The van der Waals surface area contributed by atoms with Crippen molar-refractivity contribution in [2.45, 2.75) is 30.2 Å². The number of carbonyl (C=O) groups excluding carboxylic acids is 1. The van der Waals surface area contributed by atoms with Gasteiger partial charge in [-0.3, -0.25) is 0 Å². The number of aliphatic carboxylic acids is 2. The topological polar surface area (TPSA) is 130 Å². The average molecular weight is 343 g/mol. The van der Waals surface area contributed by atoms with E-state index < -0.39 is 24.0 Å². The summed E-state index contributed by atoms with van der Waals surface area (Å²) in [5.74, 6) is -2.11. The van der Waals surface area contributed by atoms with Crippen molar-refractivity contribution >= 4 is 45.5 Å². The molecular weight excluding hydrogens is 327 g/mol. The first-order valence-corrected chi connectivity index (χ1v) is 7.79. The van der Waals surface area contributed by atoms with Gasteiger partial charge in [-0.1, -0.05) is 0 Å². The summed E-state index contributed by atoms with van der Waals surface area (Å²) in [4.78, 5) is 32.4. The number of nitrogens with two attached hydrogens (primary N) is 1. The van der Waals surface area contributed by atoms with Gasteiger partial charge >= 0.3 is 116 Å². The van der Waals surface area contributed by atoms with Crippen molar-refractivity contribution in [2.24, 2.45) is 5.73 Å². The van der Waals surface area contributed by atoms with Crippen molar-refractivity contribution in [1.82, 2.24) is 4.33 Å². The summed E-state index contributed by atoms with van der Waals surface area (Å²) in [6, 6.07) is -1.79. The quantitative estimate of drug-likeness (QED) is 0.248. The van der Waals surface area contributed by atoms with Crippen LogP contribution in [0.4, 0.5) is 0 Å². The van der Waals surface area contributed by atoms with E-state index in [0.717, 1.165) is 0 Å². The summed E-state index contributed by atoms with van der Waals surface area (Å²) in [6.07, 6.45) is 0.189. The van der Waals surface area contributed by atoms with E-state index in [2.05, 4.69) is 17.0 Å². The van der Waals surface area contributed by atoms with Gasteiger partial charge in [0, 0.05) is 0 Å². The minimum absolute atomic E-state index is 0.0928. The van der Waals surface area contributed by atoms with Crippen LogP contribution in [0.15, 0.2) is 0 Å². The van der Waals surface area contributed by atoms with E-state index in [0.29, 0.717) is 0 Å². The van der Waals surface area contributed by atoms with Crippen LogP contribution in [-0.4, -0.2) is 60.9 Å². The van der Waals surface area contributed by atoms with Gasteiger partial charge in [0.1, 0.15) is 0 Å². The van der Waals surface area contributed by atoms with Gasteiger partial charge < -0.3 is 0 Å². The Hall–Kier alpha value is -0.601. The fourth-order valence-corrected chi connectivity index (χ4v) is 3.05. The van der Waals surface area contributed by atoms with Crippen LogP contribution in [0.5, 0.6) is 0 Å². The minimum atomic E-state index is -1.13. The number of Topliss-reactive ketones (excluding diaryl/α,β-unsaturated/α-hetero) is 1. The summed E-state index contributed by atoms with van der Waals surface area (Å²) < 4.78 is 2.73. The second-order valence-corrected chi connectivity index (χ2v) is 5.57. The monoisotopic (exact) mass is 344 g/mol. The molecule has 0 aliphatic carbocycles. The molecule has 5 N–H and O–H groups in total. The number of carboxylic acid groups (broad SMARTS) is 2. The predicted molar refractivity (Wildman–Crippen MR) is 68.8 cm³/mol. The molecule has 0 bridgehead atoms. The summed E-state index contributed by atoms with van der Waals surface area (Å²) in [5.41, 5.74) is 5.25. The van der Waals surface area contributed by atoms with E-state index in [1.807, 2.05) is 0 Å². The summed E-state index contributed by atoms with van der Waals surface area (Å²) >= 11 is 3.53. The van der Waals surface area contributed by atoms with Crippen LogP contribution in [0, 0.1) is 0 Å². The number of ketones is 1. The molecule has 0 unspecified atom stereocenters. The van der Waals surface area contributed by atoms with Gasteiger partial charge in [0.05, 0.1) is 0 Å². The molecule has 0 aromatic rings. The van der Waals surface area contributed by atoms with Crippen LogP contribution in [0.25, 0.3) is 0 Å². The summed E-state index contributed by atoms with van der Waals surface area (Å²) in [5, 5.41) is 17.4. The maximum absolute atomic E-state index is 11.4. The molecule has 0 aromatic carbocycles. The third-order valence-electron chi connectivity index (χ3n) is 1.99. The first-order valence-electron chi connectivity index (χ1n) is 5.09. The van der Waals surface area contributed by atoms with Crippen LogP contribution in [0.2, 0.25) is 5.32 Å². The Bertz CT molecular complexity index is 315. The van der Waals surface area contributed by atoms with E-state index in [-0.39, 0.29) is 44.9 Å².